The molecule has 0 N–H and O–H groups in total. The predicted molar refractivity (Wildman–Crippen MR) is 135 cm³/mol. The molecule has 1 aliphatic rings. The number of nitrogens with zero attached hydrogens (tertiary/aromatic N) is 5. The molecule has 0 spiro atoms. The molecule has 34 heavy (non-hydrogen) atoms. The molecule has 0 bridgehead atoms. The molecule has 2 aromatic heterocycles. The largest absolute Gasteiger partial charge is 0.366 e. The van der Waals surface area contributed by atoms with E-state index in [9.17, 15) is 10.1 Å². The number of benzene rings is 2. The summed E-state index contributed by atoms with van der Waals surface area (Å²) < 4.78 is 1.53. The van der Waals surface area contributed by atoms with E-state index >= 15 is 0 Å². The second kappa shape index (κ2) is 9.12. The summed E-state index contributed by atoms with van der Waals surface area (Å²) >= 11 is 0. The normalized spacial score (nSPS) is 14.5. The van der Waals surface area contributed by atoms with Crippen LogP contribution in [0.1, 0.15) is 28.4 Å². The number of hydrogen-bond acceptors (Lipinski definition) is 5. The Morgan fingerprint density at radius 1 is 0.882 bits per heavy atom. The number of anilines is 1. The second-order valence-corrected chi connectivity index (χ2v) is 8.77. The molecular formula is C28H27N5O. The number of aryl methyl sites for hydroxylation is 2. The van der Waals surface area contributed by atoms with E-state index in [0.29, 0.717) is 18.8 Å². The fraction of sp³-hybridized carbons (Fsp3) is 0.250. The Morgan fingerprint density at radius 2 is 1.47 bits per heavy atom. The first-order valence-corrected chi connectivity index (χ1v) is 11.6. The van der Waals surface area contributed by atoms with Crippen molar-refractivity contribution in [2.75, 3.05) is 31.1 Å². The van der Waals surface area contributed by atoms with E-state index in [4.69, 9.17) is 4.98 Å². The smallest absolute Gasteiger partial charge is 0.270 e. The Kier molecular flexibility index (Phi) is 5.87. The van der Waals surface area contributed by atoms with Crippen LogP contribution in [0, 0.1) is 18.3 Å². The number of fused-ring (bicyclic) bond motifs is 1. The molecule has 0 amide bonds. The Hall–Kier alpha value is -3.95. The van der Waals surface area contributed by atoms with Crippen LogP contribution in [0.3, 0.4) is 0 Å². The Balaban J connectivity index is 1.51. The third-order valence-electron chi connectivity index (χ3n) is 6.69. The van der Waals surface area contributed by atoms with E-state index in [1.165, 1.54) is 15.7 Å². The highest BCUT2D eigenvalue weighted by Crippen LogP contribution is 2.32. The van der Waals surface area contributed by atoms with E-state index in [2.05, 4.69) is 64.4 Å². The summed E-state index contributed by atoms with van der Waals surface area (Å²) in [4.78, 5) is 22.4. The number of aromatic nitrogens is 2. The molecule has 0 atom stereocenters. The van der Waals surface area contributed by atoms with E-state index in [1.54, 1.807) is 7.05 Å². The zero-order valence-electron chi connectivity index (χ0n) is 19.5. The van der Waals surface area contributed by atoms with Gasteiger partial charge in [-0.05, 0) is 30.2 Å². The Morgan fingerprint density at radius 3 is 2.03 bits per heavy atom. The minimum absolute atomic E-state index is 0.153. The van der Waals surface area contributed by atoms with Gasteiger partial charge in [0.1, 0.15) is 17.1 Å². The van der Waals surface area contributed by atoms with Crippen molar-refractivity contribution in [2.24, 2.45) is 7.05 Å². The van der Waals surface area contributed by atoms with Gasteiger partial charge in [0, 0.05) is 38.9 Å². The number of hydrogen-bond donors (Lipinski definition) is 0. The quantitative estimate of drug-likeness (QED) is 0.471. The minimum atomic E-state index is -0.274. The van der Waals surface area contributed by atoms with E-state index in [-0.39, 0.29) is 17.2 Å². The minimum Gasteiger partial charge on any atom is -0.366 e. The van der Waals surface area contributed by atoms with Crippen LogP contribution in [0.15, 0.2) is 77.6 Å². The maximum atomic E-state index is 13.0. The summed E-state index contributed by atoms with van der Waals surface area (Å²) in [7, 11) is 1.70. The van der Waals surface area contributed by atoms with Gasteiger partial charge in [-0.2, -0.15) is 5.26 Å². The number of pyridine rings is 2. The number of piperazine rings is 1. The van der Waals surface area contributed by atoms with Gasteiger partial charge < -0.3 is 9.47 Å². The van der Waals surface area contributed by atoms with Crippen LogP contribution >= 0.6 is 0 Å². The maximum Gasteiger partial charge on any atom is 0.270 e. The average Bonchev–Trinajstić information content (AvgIpc) is 2.88. The van der Waals surface area contributed by atoms with Crippen LogP contribution in [0.25, 0.3) is 11.0 Å². The molecule has 5 rings (SSSR count). The van der Waals surface area contributed by atoms with Gasteiger partial charge in [-0.15, -0.1) is 0 Å². The van der Waals surface area contributed by atoms with Gasteiger partial charge in [0.05, 0.1) is 17.2 Å². The van der Waals surface area contributed by atoms with Gasteiger partial charge >= 0.3 is 0 Å². The fourth-order valence-corrected chi connectivity index (χ4v) is 4.99. The first-order chi connectivity index (χ1) is 16.6. The predicted octanol–water partition coefficient (Wildman–Crippen LogP) is 4.03. The molecule has 1 fully saturated rings. The molecule has 1 saturated heterocycles. The third-order valence-corrected chi connectivity index (χ3v) is 6.69. The lowest BCUT2D eigenvalue weighted by atomic mass is 9.96. The molecule has 170 valence electrons. The maximum absolute atomic E-state index is 13.0. The summed E-state index contributed by atoms with van der Waals surface area (Å²) in [5, 5.41) is 9.89. The van der Waals surface area contributed by atoms with Crippen molar-refractivity contribution in [3.63, 3.8) is 0 Å². The SMILES string of the molecule is Cc1ccc2c(n1)c(N1CCN(C(c3ccccc3)c3ccccc3)CC1)c(C#N)c(=O)n2C. The average molecular weight is 450 g/mol. The first-order valence-electron chi connectivity index (χ1n) is 11.6. The topological polar surface area (TPSA) is 65.2 Å². The van der Waals surface area contributed by atoms with Gasteiger partial charge in [0.25, 0.3) is 5.56 Å². The molecule has 6 heteroatoms. The molecule has 3 heterocycles. The van der Waals surface area contributed by atoms with Crippen molar-refractivity contribution in [2.45, 2.75) is 13.0 Å². The Bertz CT molecular complexity index is 1380. The molecule has 0 aliphatic carbocycles. The molecule has 2 aromatic carbocycles. The van der Waals surface area contributed by atoms with Crippen LogP contribution < -0.4 is 10.5 Å². The molecule has 0 saturated carbocycles. The highest BCUT2D eigenvalue weighted by molar-refractivity contribution is 5.91. The summed E-state index contributed by atoms with van der Waals surface area (Å²) in [5.74, 6) is 0. The van der Waals surface area contributed by atoms with Crippen molar-refractivity contribution in [3.05, 3.63) is 106 Å². The van der Waals surface area contributed by atoms with Crippen molar-refractivity contribution in [3.8, 4) is 6.07 Å². The number of rotatable bonds is 4. The molecule has 6 nitrogen and oxygen atoms in total. The zero-order chi connectivity index (χ0) is 23.7. The molecule has 4 aromatic rings. The van der Waals surface area contributed by atoms with Crippen LogP contribution in [-0.2, 0) is 7.05 Å². The second-order valence-electron chi connectivity index (χ2n) is 8.77. The Labute approximate surface area is 199 Å². The molecule has 0 radical (unpaired) electrons. The summed E-state index contributed by atoms with van der Waals surface area (Å²) in [6, 6.07) is 27.3. The lowest BCUT2D eigenvalue weighted by Crippen LogP contribution is -2.48. The van der Waals surface area contributed by atoms with Crippen LogP contribution in [0.5, 0.6) is 0 Å². The molecule has 1 aliphatic heterocycles. The van der Waals surface area contributed by atoms with E-state index in [1.807, 2.05) is 31.2 Å². The first kappa shape index (κ1) is 21.9. The highest BCUT2D eigenvalue weighted by Gasteiger charge is 2.29. The summed E-state index contributed by atoms with van der Waals surface area (Å²) in [6.45, 7) is 4.97. The van der Waals surface area contributed by atoms with Crippen molar-refractivity contribution in [1.82, 2.24) is 14.5 Å². The van der Waals surface area contributed by atoms with Gasteiger partial charge in [0.2, 0.25) is 0 Å². The highest BCUT2D eigenvalue weighted by atomic mass is 16.1. The van der Waals surface area contributed by atoms with Gasteiger partial charge in [-0.1, -0.05) is 60.7 Å². The summed E-state index contributed by atoms with van der Waals surface area (Å²) in [5.41, 5.74) is 5.41. The molecule has 0 unspecified atom stereocenters. The van der Waals surface area contributed by atoms with Gasteiger partial charge in [0.15, 0.2) is 0 Å². The summed E-state index contributed by atoms with van der Waals surface area (Å²) in [6.07, 6.45) is 0. The number of nitriles is 1. The standard InChI is InChI=1S/C28H27N5O/c1-20-13-14-24-25(30-20)27(23(19-29)28(34)31(24)2)33-17-15-32(16-18-33)26(21-9-5-3-6-10-21)22-11-7-4-8-12-22/h3-14,26H,15-18H2,1-2H3. The van der Waals surface area contributed by atoms with Crippen molar-refractivity contribution in [1.29, 1.82) is 5.26 Å². The van der Waals surface area contributed by atoms with Crippen molar-refractivity contribution < 1.29 is 0 Å². The van der Waals surface area contributed by atoms with E-state index in [0.717, 1.165) is 29.8 Å². The lowest BCUT2D eigenvalue weighted by molar-refractivity contribution is 0.212. The van der Waals surface area contributed by atoms with E-state index < -0.39 is 0 Å². The lowest BCUT2D eigenvalue weighted by Gasteiger charge is -2.41. The van der Waals surface area contributed by atoms with Crippen LogP contribution in [0.4, 0.5) is 5.69 Å². The van der Waals surface area contributed by atoms with Crippen LogP contribution in [0.2, 0.25) is 0 Å². The van der Waals surface area contributed by atoms with Crippen LogP contribution in [-0.4, -0.2) is 40.6 Å². The molecular weight excluding hydrogens is 422 g/mol. The van der Waals surface area contributed by atoms with Crippen molar-refractivity contribution >= 4 is 16.7 Å². The fourth-order valence-electron chi connectivity index (χ4n) is 4.99. The van der Waals surface area contributed by atoms with Gasteiger partial charge in [-0.3, -0.25) is 9.69 Å². The third kappa shape index (κ3) is 3.85. The zero-order valence-corrected chi connectivity index (χ0v) is 19.5. The van der Waals surface area contributed by atoms with Gasteiger partial charge in [-0.25, -0.2) is 4.98 Å². The monoisotopic (exact) mass is 449 g/mol.